The third-order valence-electron chi connectivity index (χ3n) is 1.86. The first kappa shape index (κ1) is 11.4. The van der Waals surface area contributed by atoms with Crippen LogP contribution in [-0.2, 0) is 11.4 Å². The van der Waals surface area contributed by atoms with Gasteiger partial charge in [0.05, 0.1) is 6.61 Å². The van der Waals surface area contributed by atoms with Crippen LogP contribution in [0.25, 0.3) is 6.08 Å². The Hall–Kier alpha value is -1.68. The fourth-order valence-electron chi connectivity index (χ4n) is 1.11. The molecule has 0 bridgehead atoms. The van der Waals surface area contributed by atoms with Crippen LogP contribution in [0.4, 0.5) is 4.39 Å². The number of benzene rings is 1. The summed E-state index contributed by atoms with van der Waals surface area (Å²) < 4.78 is 13.3. The zero-order valence-electron chi connectivity index (χ0n) is 8.11. The van der Waals surface area contributed by atoms with Gasteiger partial charge in [-0.25, -0.2) is 4.39 Å². The lowest BCUT2D eigenvalue weighted by molar-refractivity contribution is -0.117. The first-order valence-electron chi connectivity index (χ1n) is 4.47. The van der Waals surface area contributed by atoms with Gasteiger partial charge in [0.25, 0.3) is 0 Å². The molecule has 0 aliphatic heterocycles. The van der Waals surface area contributed by atoms with Crippen LogP contribution in [0.15, 0.2) is 24.3 Å². The highest BCUT2D eigenvalue weighted by Crippen LogP contribution is 2.12. The number of amides is 1. The number of aliphatic hydroxyl groups is 1. The number of hydrogen-bond acceptors (Lipinski definition) is 2. The van der Waals surface area contributed by atoms with E-state index in [-0.39, 0.29) is 13.0 Å². The summed E-state index contributed by atoms with van der Waals surface area (Å²) in [7, 11) is 0. The van der Waals surface area contributed by atoms with E-state index in [2.05, 4.69) is 0 Å². The van der Waals surface area contributed by atoms with Gasteiger partial charge in [0.15, 0.2) is 0 Å². The maximum Gasteiger partial charge on any atom is 0.221 e. The highest BCUT2D eigenvalue weighted by atomic mass is 19.1. The summed E-state index contributed by atoms with van der Waals surface area (Å²) >= 11 is 0. The zero-order valence-corrected chi connectivity index (χ0v) is 8.11. The van der Waals surface area contributed by atoms with Gasteiger partial charge in [-0.1, -0.05) is 24.3 Å². The fraction of sp³-hybridized carbons (Fsp3) is 0.182. The Morgan fingerprint density at radius 2 is 2.27 bits per heavy atom. The maximum absolute atomic E-state index is 13.3. The summed E-state index contributed by atoms with van der Waals surface area (Å²) in [5.41, 5.74) is 5.81. The molecule has 1 aromatic rings. The molecule has 3 nitrogen and oxygen atoms in total. The Bertz CT molecular complexity index is 388. The standard InChI is InChI=1S/C11H12FNO2/c12-10-6-8(7-14)4-5-9(10)2-1-3-11(13)15/h1-2,4-6,14H,3,7H2,(H2,13,15). The molecule has 0 aliphatic carbocycles. The van der Waals surface area contributed by atoms with Crippen LogP contribution in [0.2, 0.25) is 0 Å². The molecule has 1 rings (SSSR count). The molecule has 1 amide bonds. The second kappa shape index (κ2) is 5.26. The highest BCUT2D eigenvalue weighted by molar-refractivity contribution is 5.76. The molecule has 0 unspecified atom stereocenters. The number of carbonyl (C=O) groups is 1. The number of nitrogens with two attached hydrogens (primary N) is 1. The third kappa shape index (κ3) is 3.52. The molecule has 80 valence electrons. The zero-order chi connectivity index (χ0) is 11.3. The maximum atomic E-state index is 13.3. The van der Waals surface area contributed by atoms with Crippen molar-refractivity contribution in [2.45, 2.75) is 13.0 Å². The SMILES string of the molecule is NC(=O)CC=Cc1ccc(CO)cc1F. The molecular formula is C11H12FNO2. The summed E-state index contributed by atoms with van der Waals surface area (Å²) in [5, 5.41) is 8.76. The minimum absolute atomic E-state index is 0.0845. The van der Waals surface area contributed by atoms with E-state index >= 15 is 0 Å². The molecule has 0 atom stereocenters. The van der Waals surface area contributed by atoms with Gasteiger partial charge in [-0.3, -0.25) is 4.79 Å². The summed E-state index contributed by atoms with van der Waals surface area (Å²) in [4.78, 5) is 10.4. The lowest BCUT2D eigenvalue weighted by Crippen LogP contribution is -2.07. The van der Waals surface area contributed by atoms with Crippen molar-refractivity contribution < 1.29 is 14.3 Å². The lowest BCUT2D eigenvalue weighted by Gasteiger charge is -1.99. The van der Waals surface area contributed by atoms with E-state index in [4.69, 9.17) is 10.8 Å². The largest absolute Gasteiger partial charge is 0.392 e. The van der Waals surface area contributed by atoms with Crippen molar-refractivity contribution in [1.82, 2.24) is 0 Å². The van der Waals surface area contributed by atoms with Gasteiger partial charge in [0, 0.05) is 12.0 Å². The minimum atomic E-state index is -0.460. The number of halogens is 1. The molecule has 0 saturated heterocycles. The van der Waals surface area contributed by atoms with Gasteiger partial charge in [0.2, 0.25) is 5.91 Å². The van der Waals surface area contributed by atoms with E-state index in [9.17, 15) is 9.18 Å². The number of aliphatic hydroxyl groups excluding tert-OH is 1. The van der Waals surface area contributed by atoms with Crippen LogP contribution < -0.4 is 5.73 Å². The average Bonchev–Trinajstić information content (AvgIpc) is 2.20. The number of hydrogen-bond donors (Lipinski definition) is 2. The molecule has 1 aromatic carbocycles. The van der Waals surface area contributed by atoms with Crippen LogP contribution in [-0.4, -0.2) is 11.0 Å². The van der Waals surface area contributed by atoms with Gasteiger partial charge in [-0.2, -0.15) is 0 Å². The molecule has 4 heteroatoms. The molecule has 0 fully saturated rings. The Balaban J connectivity index is 2.78. The van der Waals surface area contributed by atoms with Gasteiger partial charge < -0.3 is 10.8 Å². The van der Waals surface area contributed by atoms with E-state index in [0.717, 1.165) is 0 Å². The van der Waals surface area contributed by atoms with Gasteiger partial charge in [-0.05, 0) is 11.6 Å². The van der Waals surface area contributed by atoms with Crippen molar-refractivity contribution in [3.63, 3.8) is 0 Å². The van der Waals surface area contributed by atoms with Crippen LogP contribution >= 0.6 is 0 Å². The molecular weight excluding hydrogens is 197 g/mol. The first-order valence-corrected chi connectivity index (χ1v) is 4.47. The lowest BCUT2D eigenvalue weighted by atomic mass is 10.1. The van der Waals surface area contributed by atoms with Crippen molar-refractivity contribution >= 4 is 12.0 Å². The number of carbonyl (C=O) groups excluding carboxylic acids is 1. The van der Waals surface area contributed by atoms with E-state index in [1.807, 2.05) is 0 Å². The number of rotatable bonds is 4. The van der Waals surface area contributed by atoms with Crippen molar-refractivity contribution in [3.8, 4) is 0 Å². The summed E-state index contributed by atoms with van der Waals surface area (Å²) in [6, 6.07) is 4.41. The Labute approximate surface area is 87.0 Å². The van der Waals surface area contributed by atoms with Crippen molar-refractivity contribution in [3.05, 3.63) is 41.2 Å². The van der Waals surface area contributed by atoms with E-state index in [1.54, 1.807) is 12.1 Å². The minimum Gasteiger partial charge on any atom is -0.392 e. The average molecular weight is 209 g/mol. The molecule has 0 aromatic heterocycles. The van der Waals surface area contributed by atoms with Crippen LogP contribution in [0.3, 0.4) is 0 Å². The summed E-state index contributed by atoms with van der Waals surface area (Å²) in [6.45, 7) is -0.192. The van der Waals surface area contributed by atoms with E-state index in [0.29, 0.717) is 11.1 Å². The molecule has 0 saturated carbocycles. The molecule has 0 aliphatic rings. The van der Waals surface area contributed by atoms with Gasteiger partial charge in [-0.15, -0.1) is 0 Å². The monoisotopic (exact) mass is 209 g/mol. The normalized spacial score (nSPS) is 10.8. The second-order valence-electron chi connectivity index (χ2n) is 3.09. The predicted molar refractivity (Wildman–Crippen MR) is 55.2 cm³/mol. The summed E-state index contributed by atoms with van der Waals surface area (Å²) in [5.74, 6) is -0.888. The molecule has 15 heavy (non-hydrogen) atoms. The van der Waals surface area contributed by atoms with Crippen LogP contribution in [0.1, 0.15) is 17.5 Å². The number of primary amides is 1. The highest BCUT2D eigenvalue weighted by Gasteiger charge is 1.99. The van der Waals surface area contributed by atoms with E-state index < -0.39 is 11.7 Å². The topological polar surface area (TPSA) is 63.3 Å². The molecule has 0 heterocycles. The van der Waals surface area contributed by atoms with Crippen LogP contribution in [0.5, 0.6) is 0 Å². The predicted octanol–water partition coefficient (Wildman–Crippen LogP) is 1.21. The van der Waals surface area contributed by atoms with Gasteiger partial charge >= 0.3 is 0 Å². The second-order valence-corrected chi connectivity index (χ2v) is 3.09. The summed E-state index contributed by atoms with van der Waals surface area (Å²) in [6.07, 6.45) is 3.07. The smallest absolute Gasteiger partial charge is 0.221 e. The fourth-order valence-corrected chi connectivity index (χ4v) is 1.11. The Kier molecular flexibility index (Phi) is 4.00. The van der Waals surface area contributed by atoms with Crippen molar-refractivity contribution in [2.24, 2.45) is 5.73 Å². The first-order chi connectivity index (χ1) is 7.13. The third-order valence-corrected chi connectivity index (χ3v) is 1.86. The molecule has 0 spiro atoms. The Morgan fingerprint density at radius 1 is 1.53 bits per heavy atom. The van der Waals surface area contributed by atoms with E-state index in [1.165, 1.54) is 18.2 Å². The molecule has 3 N–H and O–H groups in total. The van der Waals surface area contributed by atoms with Crippen molar-refractivity contribution in [1.29, 1.82) is 0 Å². The van der Waals surface area contributed by atoms with Crippen molar-refractivity contribution in [2.75, 3.05) is 0 Å². The van der Waals surface area contributed by atoms with Crippen LogP contribution in [0, 0.1) is 5.82 Å². The Morgan fingerprint density at radius 3 is 2.80 bits per heavy atom. The molecule has 0 radical (unpaired) electrons. The quantitative estimate of drug-likeness (QED) is 0.782. The van der Waals surface area contributed by atoms with Gasteiger partial charge in [0.1, 0.15) is 5.82 Å².